The molecule has 0 bridgehead atoms. The molecule has 0 fully saturated rings. The molecule has 7 nitrogen and oxygen atoms in total. The molecule has 182 valence electrons. The minimum absolute atomic E-state index is 0.0750. The highest BCUT2D eigenvalue weighted by molar-refractivity contribution is 7.99. The minimum Gasteiger partial charge on any atom is -0.492 e. The van der Waals surface area contributed by atoms with E-state index in [1.54, 1.807) is 10.6 Å². The zero-order chi connectivity index (χ0) is 25.2. The van der Waals surface area contributed by atoms with Gasteiger partial charge < -0.3 is 15.0 Å². The number of carbonyl (C=O) groups excluding carboxylic acids is 1. The van der Waals surface area contributed by atoms with E-state index in [1.807, 2.05) is 81.4 Å². The summed E-state index contributed by atoms with van der Waals surface area (Å²) < 4.78 is 7.22. The van der Waals surface area contributed by atoms with Gasteiger partial charge in [0.05, 0.1) is 23.7 Å². The Morgan fingerprint density at radius 1 is 1.06 bits per heavy atom. The number of nitrogens with one attached hydrogen (secondary N) is 2. The van der Waals surface area contributed by atoms with Crippen LogP contribution in [0.5, 0.6) is 5.75 Å². The normalized spacial score (nSPS) is 11.2. The summed E-state index contributed by atoms with van der Waals surface area (Å²) >= 11 is 1.23. The lowest BCUT2D eigenvalue weighted by Crippen LogP contribution is -2.24. The average Bonchev–Trinajstić information content (AvgIpc) is 3.25. The third-order valence-electron chi connectivity index (χ3n) is 6.10. The summed E-state index contributed by atoms with van der Waals surface area (Å²) in [5.41, 5.74) is 5.09. The van der Waals surface area contributed by atoms with Gasteiger partial charge >= 0.3 is 0 Å². The summed E-state index contributed by atoms with van der Waals surface area (Å²) in [6, 6.07) is 20.9. The third kappa shape index (κ3) is 4.35. The smallest absolute Gasteiger partial charge is 0.283 e. The Hall–Kier alpha value is -4.04. The zero-order valence-electron chi connectivity index (χ0n) is 20.3. The fourth-order valence-corrected chi connectivity index (χ4v) is 5.00. The van der Waals surface area contributed by atoms with Crippen molar-refractivity contribution < 1.29 is 9.53 Å². The van der Waals surface area contributed by atoms with Gasteiger partial charge in [-0.15, -0.1) is 0 Å². The SMILES string of the molecule is CCOc1ccccc1NC(=O)CSc1nc2c([nH]c3ccccc32)c(=O)n1-c1cccc(C)c1C. The number of nitrogens with zero attached hydrogens (tertiary/aromatic N) is 2. The molecule has 0 aliphatic rings. The van der Waals surface area contributed by atoms with Gasteiger partial charge in [0, 0.05) is 10.9 Å². The van der Waals surface area contributed by atoms with Crippen molar-refractivity contribution in [2.75, 3.05) is 17.7 Å². The lowest BCUT2D eigenvalue weighted by molar-refractivity contribution is -0.113. The van der Waals surface area contributed by atoms with Crippen molar-refractivity contribution in [3.63, 3.8) is 0 Å². The number of hydrogen-bond donors (Lipinski definition) is 2. The van der Waals surface area contributed by atoms with Crippen molar-refractivity contribution in [3.05, 3.63) is 88.2 Å². The Labute approximate surface area is 212 Å². The molecule has 0 unspecified atom stereocenters. The molecule has 0 aliphatic heterocycles. The highest BCUT2D eigenvalue weighted by atomic mass is 32.2. The van der Waals surface area contributed by atoms with E-state index in [4.69, 9.17) is 9.72 Å². The van der Waals surface area contributed by atoms with Crippen molar-refractivity contribution in [2.24, 2.45) is 0 Å². The first-order chi connectivity index (χ1) is 17.5. The number of benzene rings is 3. The predicted octanol–water partition coefficient (Wildman–Crippen LogP) is 5.61. The van der Waals surface area contributed by atoms with E-state index in [9.17, 15) is 9.59 Å². The fraction of sp³-hybridized carbons (Fsp3) is 0.179. The van der Waals surface area contributed by atoms with Gasteiger partial charge in [-0.05, 0) is 56.2 Å². The van der Waals surface area contributed by atoms with Crippen LogP contribution < -0.4 is 15.6 Å². The number of amides is 1. The Morgan fingerprint density at radius 2 is 1.83 bits per heavy atom. The summed E-state index contributed by atoms with van der Waals surface area (Å²) in [6.45, 7) is 6.39. The standard InChI is InChI=1S/C28H26N4O3S/c1-4-35-23-15-8-7-13-21(23)29-24(33)16-36-28-31-25-19-11-5-6-12-20(19)30-26(25)27(34)32(28)22-14-9-10-17(2)18(22)3/h5-15,30H,4,16H2,1-3H3,(H,29,33). The number of fused-ring (bicyclic) bond motifs is 3. The van der Waals surface area contributed by atoms with Crippen LogP contribution in [0.3, 0.4) is 0 Å². The van der Waals surface area contributed by atoms with Crippen LogP contribution in [0.1, 0.15) is 18.1 Å². The van der Waals surface area contributed by atoms with E-state index >= 15 is 0 Å². The van der Waals surface area contributed by atoms with Crippen LogP contribution in [0, 0.1) is 13.8 Å². The third-order valence-corrected chi connectivity index (χ3v) is 7.04. The molecule has 0 atom stereocenters. The first-order valence-electron chi connectivity index (χ1n) is 11.7. The van der Waals surface area contributed by atoms with Gasteiger partial charge in [0.1, 0.15) is 16.8 Å². The number of anilines is 1. The molecule has 2 aromatic heterocycles. The van der Waals surface area contributed by atoms with Gasteiger partial charge in [0.15, 0.2) is 5.16 Å². The van der Waals surface area contributed by atoms with Gasteiger partial charge in [0.2, 0.25) is 5.91 Å². The van der Waals surface area contributed by atoms with E-state index < -0.39 is 0 Å². The molecule has 2 N–H and O–H groups in total. The van der Waals surface area contributed by atoms with Gasteiger partial charge in [-0.25, -0.2) is 4.98 Å². The number of para-hydroxylation sites is 3. The fourth-order valence-electron chi connectivity index (χ4n) is 4.20. The number of H-pyrrole nitrogens is 1. The molecule has 0 spiro atoms. The highest BCUT2D eigenvalue weighted by Gasteiger charge is 2.19. The number of aromatic nitrogens is 3. The van der Waals surface area contributed by atoms with Gasteiger partial charge in [0.25, 0.3) is 5.56 Å². The number of rotatable bonds is 7. The summed E-state index contributed by atoms with van der Waals surface area (Å²) in [7, 11) is 0. The molecule has 5 aromatic rings. The number of hydrogen-bond acceptors (Lipinski definition) is 5. The van der Waals surface area contributed by atoms with Crippen LogP contribution >= 0.6 is 11.8 Å². The highest BCUT2D eigenvalue weighted by Crippen LogP contribution is 2.29. The molecule has 8 heteroatoms. The molecule has 5 rings (SSSR count). The van der Waals surface area contributed by atoms with Crippen LogP contribution in [0.15, 0.2) is 76.7 Å². The topological polar surface area (TPSA) is 89.0 Å². The maximum Gasteiger partial charge on any atom is 0.283 e. The first kappa shape index (κ1) is 23.7. The number of ether oxygens (including phenoxy) is 1. The Bertz CT molecular complexity index is 1650. The summed E-state index contributed by atoms with van der Waals surface area (Å²) in [4.78, 5) is 34.8. The van der Waals surface area contributed by atoms with Gasteiger partial charge in [-0.2, -0.15) is 0 Å². The van der Waals surface area contributed by atoms with Crippen molar-refractivity contribution in [1.82, 2.24) is 14.5 Å². The summed E-state index contributed by atoms with van der Waals surface area (Å²) in [5.74, 6) is 0.475. The van der Waals surface area contributed by atoms with Crippen molar-refractivity contribution in [1.29, 1.82) is 0 Å². The van der Waals surface area contributed by atoms with Crippen LogP contribution in [-0.2, 0) is 4.79 Å². The zero-order valence-corrected chi connectivity index (χ0v) is 21.1. The number of thioether (sulfide) groups is 1. The Morgan fingerprint density at radius 3 is 2.67 bits per heavy atom. The molecule has 0 saturated heterocycles. The van der Waals surface area contributed by atoms with E-state index in [1.165, 1.54) is 11.8 Å². The molecule has 3 aromatic carbocycles. The Kier molecular flexibility index (Phi) is 6.52. The maximum absolute atomic E-state index is 13.8. The number of aryl methyl sites for hydroxylation is 1. The molecule has 2 heterocycles. The predicted molar refractivity (Wildman–Crippen MR) is 146 cm³/mol. The lowest BCUT2D eigenvalue weighted by atomic mass is 10.1. The minimum atomic E-state index is -0.215. The van der Waals surface area contributed by atoms with Crippen molar-refractivity contribution in [2.45, 2.75) is 25.9 Å². The molecule has 0 saturated carbocycles. The second-order valence-electron chi connectivity index (χ2n) is 8.41. The molecular weight excluding hydrogens is 472 g/mol. The molecular formula is C28H26N4O3S. The molecule has 1 amide bonds. The summed E-state index contributed by atoms with van der Waals surface area (Å²) in [5, 5.41) is 4.24. The number of carbonyl (C=O) groups is 1. The quantitative estimate of drug-likeness (QED) is 0.225. The van der Waals surface area contributed by atoms with Crippen molar-refractivity contribution >= 4 is 45.3 Å². The largest absolute Gasteiger partial charge is 0.492 e. The van der Waals surface area contributed by atoms with Crippen LogP contribution in [0.2, 0.25) is 0 Å². The number of aromatic amines is 1. The van der Waals surface area contributed by atoms with E-state index in [-0.39, 0.29) is 17.2 Å². The molecule has 0 radical (unpaired) electrons. The second kappa shape index (κ2) is 9.91. The van der Waals surface area contributed by atoms with Gasteiger partial charge in [-0.1, -0.05) is 54.2 Å². The van der Waals surface area contributed by atoms with Gasteiger partial charge in [-0.3, -0.25) is 14.2 Å². The first-order valence-corrected chi connectivity index (χ1v) is 12.7. The van der Waals surface area contributed by atoms with E-state index in [0.717, 1.165) is 27.7 Å². The van der Waals surface area contributed by atoms with Crippen LogP contribution in [0.25, 0.3) is 27.6 Å². The average molecular weight is 499 g/mol. The van der Waals surface area contributed by atoms with E-state index in [2.05, 4.69) is 10.3 Å². The Balaban J connectivity index is 1.56. The second-order valence-corrected chi connectivity index (χ2v) is 9.36. The maximum atomic E-state index is 13.8. The summed E-state index contributed by atoms with van der Waals surface area (Å²) in [6.07, 6.45) is 0. The monoisotopic (exact) mass is 498 g/mol. The lowest BCUT2D eigenvalue weighted by Gasteiger charge is -2.16. The van der Waals surface area contributed by atoms with Crippen LogP contribution in [0.4, 0.5) is 5.69 Å². The van der Waals surface area contributed by atoms with E-state index in [0.29, 0.717) is 34.2 Å². The van der Waals surface area contributed by atoms with Crippen LogP contribution in [-0.4, -0.2) is 32.8 Å². The van der Waals surface area contributed by atoms with Crippen molar-refractivity contribution in [3.8, 4) is 11.4 Å². The molecule has 0 aliphatic carbocycles. The molecule has 36 heavy (non-hydrogen) atoms.